The molecule has 1 rings (SSSR count). The molecule has 1 saturated carbocycles. The first kappa shape index (κ1) is 20.8. The van der Waals surface area contributed by atoms with E-state index < -0.39 is 5.69 Å². The van der Waals surface area contributed by atoms with Gasteiger partial charge in [0.1, 0.15) is 0 Å². The minimum atomic E-state index is -2.99. The van der Waals surface area contributed by atoms with Gasteiger partial charge in [0, 0.05) is 6.04 Å². The van der Waals surface area contributed by atoms with E-state index in [4.69, 9.17) is 26.6 Å². The van der Waals surface area contributed by atoms with Crippen LogP contribution in [-0.4, -0.2) is 23.1 Å². The predicted octanol–water partition coefficient (Wildman–Crippen LogP) is 3.91. The summed E-state index contributed by atoms with van der Waals surface area (Å²) in [4.78, 5) is 14.2. The maximum absolute atomic E-state index is 9.43. The Morgan fingerprint density at radius 3 is 2.05 bits per heavy atom. The van der Waals surface area contributed by atoms with Gasteiger partial charge in [0.2, 0.25) is 0 Å². The van der Waals surface area contributed by atoms with Crippen LogP contribution in [-0.2, 0) is 25.6 Å². The lowest BCUT2D eigenvalue weighted by molar-refractivity contribution is -0.232. The van der Waals surface area contributed by atoms with Crippen LogP contribution in [0, 0.1) is 0 Å². The molecule has 122 valence electrons. The van der Waals surface area contributed by atoms with Crippen molar-refractivity contribution >= 4 is 29.2 Å². The number of rotatable bonds is 6. The maximum Gasteiger partial charge on any atom is 0.302 e. The summed E-state index contributed by atoms with van der Waals surface area (Å²) in [6.45, 7) is 7.24. The summed E-state index contributed by atoms with van der Waals surface area (Å²) in [6, 6.07) is 0.536. The maximum atomic E-state index is 9.43. The molecule has 0 aromatic heterocycles. The van der Waals surface area contributed by atoms with Gasteiger partial charge in [-0.1, -0.05) is 19.3 Å². The zero-order valence-electron chi connectivity index (χ0n) is 12.8. The van der Waals surface area contributed by atoms with Crippen LogP contribution in [0.2, 0.25) is 0 Å². The molecule has 0 amide bonds. The van der Waals surface area contributed by atoms with E-state index in [1.54, 1.807) is 13.8 Å². The van der Waals surface area contributed by atoms with Crippen LogP contribution in [0.25, 0.3) is 0 Å². The van der Waals surface area contributed by atoms with E-state index in [2.05, 4.69) is 4.67 Å². The van der Waals surface area contributed by atoms with Crippen molar-refractivity contribution in [3.05, 3.63) is 0 Å². The summed E-state index contributed by atoms with van der Waals surface area (Å²) >= 11 is 5.50. The third kappa shape index (κ3) is 13.8. The average Bonchev–Trinajstić information content (AvgIpc) is 2.36. The fraction of sp³-hybridized carbons (Fsp3) is 1.00. The normalized spacial score (nSPS) is 19.6. The van der Waals surface area contributed by atoms with Crippen molar-refractivity contribution in [2.24, 2.45) is 5.73 Å². The van der Waals surface area contributed by atoms with Gasteiger partial charge in [-0.25, -0.2) is 4.89 Å². The molecule has 8 heteroatoms. The minimum Gasteiger partial charge on any atom is -0.334 e. The Labute approximate surface area is 132 Å². The zero-order chi connectivity index (χ0) is 15.6. The van der Waals surface area contributed by atoms with Crippen molar-refractivity contribution < 1.29 is 18.6 Å². The lowest BCUT2D eigenvalue weighted by Crippen LogP contribution is -2.22. The van der Waals surface area contributed by atoms with Crippen LogP contribution in [0.5, 0.6) is 0 Å². The summed E-state index contributed by atoms with van der Waals surface area (Å²) in [7, 11) is 0. The Balaban J connectivity index is 0.000000428. The van der Waals surface area contributed by atoms with E-state index >= 15 is 0 Å². The first-order valence-corrected chi connectivity index (χ1v) is 11.0. The van der Waals surface area contributed by atoms with Crippen molar-refractivity contribution in [1.82, 2.24) is 0 Å². The summed E-state index contributed by atoms with van der Waals surface area (Å²) in [6.07, 6.45) is 6.52. The number of hydrogen-bond donors (Lipinski definition) is 2. The van der Waals surface area contributed by atoms with Gasteiger partial charge in [0.15, 0.2) is 0 Å². The molecule has 20 heavy (non-hydrogen) atoms. The highest BCUT2D eigenvalue weighted by Gasteiger charge is 2.19. The standard InChI is InChI=1S/C6H13N.C6H15O4PS2/c7-6-4-2-1-3-5-6;1-5(2)8-10-11(7,12)13-9-6(3)4/h6H,1-5,7H2;5-6H,1-4H3,(H,7,12). The van der Waals surface area contributed by atoms with Gasteiger partial charge in [-0.3, -0.25) is 0 Å². The molecule has 5 nitrogen and oxygen atoms in total. The smallest absolute Gasteiger partial charge is 0.302 e. The van der Waals surface area contributed by atoms with Crippen LogP contribution >= 0.6 is 17.4 Å². The molecular weight excluding hydrogens is 317 g/mol. The molecule has 0 spiro atoms. The molecule has 0 radical (unpaired) electrons. The van der Waals surface area contributed by atoms with Crippen LogP contribution in [0.1, 0.15) is 59.8 Å². The van der Waals surface area contributed by atoms with Crippen molar-refractivity contribution in [3.63, 3.8) is 0 Å². The van der Waals surface area contributed by atoms with Crippen LogP contribution in [0.3, 0.4) is 0 Å². The summed E-state index contributed by atoms with van der Waals surface area (Å²) in [5.74, 6) is 0. The second-order valence-electron chi connectivity index (χ2n) is 5.31. The van der Waals surface area contributed by atoms with Crippen molar-refractivity contribution in [2.45, 2.75) is 78.0 Å². The van der Waals surface area contributed by atoms with E-state index in [1.165, 1.54) is 32.1 Å². The molecule has 1 unspecified atom stereocenters. The monoisotopic (exact) mass is 345 g/mol. The van der Waals surface area contributed by atoms with Gasteiger partial charge in [0.25, 0.3) is 0 Å². The zero-order valence-corrected chi connectivity index (χ0v) is 15.3. The van der Waals surface area contributed by atoms with E-state index in [0.717, 1.165) is 11.7 Å². The average molecular weight is 345 g/mol. The Bertz CT molecular complexity index is 271. The molecule has 0 aromatic rings. The van der Waals surface area contributed by atoms with Gasteiger partial charge in [-0.05, 0) is 52.3 Å². The van der Waals surface area contributed by atoms with Gasteiger partial charge in [0.05, 0.1) is 23.9 Å². The predicted molar refractivity (Wildman–Crippen MR) is 88.7 cm³/mol. The van der Waals surface area contributed by atoms with E-state index in [-0.39, 0.29) is 12.2 Å². The first-order chi connectivity index (χ1) is 9.23. The minimum absolute atomic E-state index is 0.0119. The number of hydrogen-bond acceptors (Lipinski definition) is 6. The third-order valence-corrected chi connectivity index (χ3v) is 4.98. The Hall–Kier alpha value is 0.800. The third-order valence-electron chi connectivity index (χ3n) is 2.31. The molecular formula is C12H28NO4PS2. The molecule has 0 saturated heterocycles. The van der Waals surface area contributed by atoms with Crippen molar-refractivity contribution in [1.29, 1.82) is 0 Å². The Morgan fingerprint density at radius 2 is 1.70 bits per heavy atom. The first-order valence-electron chi connectivity index (χ1n) is 7.01. The molecule has 3 N–H and O–H groups in total. The van der Waals surface area contributed by atoms with Crippen LogP contribution < -0.4 is 5.73 Å². The molecule has 0 bridgehead atoms. The highest BCUT2D eigenvalue weighted by atomic mass is 32.9. The summed E-state index contributed by atoms with van der Waals surface area (Å²) in [5, 5.41) is 0. The topological polar surface area (TPSA) is 73.9 Å². The SMILES string of the molecule is CC(C)OOP(O)(=S)SOC(C)C.NC1CCCCC1. The van der Waals surface area contributed by atoms with Gasteiger partial charge >= 0.3 is 5.69 Å². The Morgan fingerprint density at radius 1 is 1.15 bits per heavy atom. The Kier molecular flexibility index (Phi) is 11.8. The summed E-state index contributed by atoms with van der Waals surface area (Å²) < 4.78 is 9.71. The van der Waals surface area contributed by atoms with Crippen LogP contribution in [0.15, 0.2) is 0 Å². The molecule has 1 aliphatic carbocycles. The second-order valence-corrected chi connectivity index (χ2v) is 10.8. The molecule has 1 fully saturated rings. The number of nitrogens with two attached hydrogens (primary N) is 1. The van der Waals surface area contributed by atoms with E-state index in [9.17, 15) is 4.89 Å². The summed E-state index contributed by atoms with van der Waals surface area (Å²) in [5.41, 5.74) is 2.64. The molecule has 1 aliphatic rings. The quantitative estimate of drug-likeness (QED) is 0.327. The molecule has 0 heterocycles. The van der Waals surface area contributed by atoms with E-state index in [0.29, 0.717) is 6.04 Å². The molecule has 1 atom stereocenters. The van der Waals surface area contributed by atoms with Gasteiger partial charge in [-0.15, -0.1) is 0 Å². The van der Waals surface area contributed by atoms with Gasteiger partial charge < -0.3 is 14.8 Å². The molecule has 0 aromatic carbocycles. The van der Waals surface area contributed by atoms with Gasteiger partial charge in [-0.2, -0.15) is 4.67 Å². The van der Waals surface area contributed by atoms with E-state index in [1.807, 2.05) is 13.8 Å². The highest BCUT2D eigenvalue weighted by Crippen LogP contribution is 2.57. The van der Waals surface area contributed by atoms with Crippen molar-refractivity contribution in [2.75, 3.05) is 0 Å². The second kappa shape index (κ2) is 11.4. The van der Waals surface area contributed by atoms with Crippen LogP contribution in [0.4, 0.5) is 0 Å². The lowest BCUT2D eigenvalue weighted by atomic mass is 9.97. The molecule has 0 aliphatic heterocycles. The fourth-order valence-corrected chi connectivity index (χ4v) is 3.46. The highest BCUT2D eigenvalue weighted by molar-refractivity contribution is 8.65. The van der Waals surface area contributed by atoms with Crippen molar-refractivity contribution in [3.8, 4) is 0 Å². The largest absolute Gasteiger partial charge is 0.334 e. The fourth-order valence-electron chi connectivity index (χ4n) is 1.43. The lowest BCUT2D eigenvalue weighted by Gasteiger charge is -2.15.